The summed E-state index contributed by atoms with van der Waals surface area (Å²) in [7, 11) is 0. The zero-order valence-corrected chi connectivity index (χ0v) is 17.0. The Hall–Kier alpha value is 0.384. The van der Waals surface area contributed by atoms with Crippen LogP contribution in [0.2, 0.25) is 0 Å². The van der Waals surface area contributed by atoms with Crippen LogP contribution in [0, 0.1) is 0 Å². The van der Waals surface area contributed by atoms with E-state index in [1.165, 1.54) is 0 Å². The van der Waals surface area contributed by atoms with Gasteiger partial charge in [0.15, 0.2) is 0 Å². The molecule has 0 aromatic heterocycles. The molecule has 0 amide bonds. The predicted octanol–water partition coefficient (Wildman–Crippen LogP) is 1.93. The molecule has 0 rings (SSSR count). The monoisotopic (exact) mass is 351 g/mol. The molecule has 0 atom stereocenters. The van der Waals surface area contributed by atoms with Gasteiger partial charge in [-0.15, -0.1) is 0 Å². The Morgan fingerprint density at radius 3 is 0.333 bits per heavy atom. The van der Waals surface area contributed by atoms with Crippen molar-refractivity contribution < 1.29 is 44.1 Å². The van der Waals surface area contributed by atoms with Gasteiger partial charge in [0.1, 0.15) is 0 Å². The topological polar surface area (TPSA) is 101 Å². The van der Waals surface area contributed by atoms with Crippen molar-refractivity contribution in [1.29, 1.82) is 0 Å². The van der Waals surface area contributed by atoms with Gasteiger partial charge in [-0.2, -0.15) is 0 Å². The third-order valence-electron chi connectivity index (χ3n) is 0. The normalized spacial score (nSPS) is 8.57. The van der Waals surface area contributed by atoms with E-state index in [1.54, 1.807) is 69.2 Å². The number of hydrogen-bond acceptors (Lipinski definition) is 5. The molecule has 5 nitrogen and oxygen atoms in total. The molecular formula is C15H40O5V. The fraction of sp³-hybridized carbons (Fsp3) is 1.00. The molecule has 0 spiro atoms. The van der Waals surface area contributed by atoms with Gasteiger partial charge in [0, 0.05) is 49.1 Å². The molecule has 0 aromatic carbocycles. The number of aliphatic hydroxyl groups excluding tert-OH is 5. The van der Waals surface area contributed by atoms with Gasteiger partial charge in [0.25, 0.3) is 0 Å². The average Bonchev–Trinajstić information content (AvgIpc) is 1.94. The Balaban J connectivity index is -0.0000000331. The largest absolute Gasteiger partial charge is 0.394 e. The van der Waals surface area contributed by atoms with Gasteiger partial charge in [-0.05, 0) is 69.2 Å². The van der Waals surface area contributed by atoms with Crippen LogP contribution < -0.4 is 0 Å². The molecule has 0 aliphatic carbocycles. The average molecular weight is 351 g/mol. The zero-order valence-electron chi connectivity index (χ0n) is 15.6. The fourth-order valence-corrected chi connectivity index (χ4v) is 0. The fourth-order valence-electron chi connectivity index (χ4n) is 0. The predicted molar refractivity (Wildman–Crippen MR) is 86.8 cm³/mol. The minimum atomic E-state index is -0.167. The zero-order chi connectivity index (χ0) is 17.9. The summed E-state index contributed by atoms with van der Waals surface area (Å²) in [5.74, 6) is 0. The van der Waals surface area contributed by atoms with E-state index >= 15 is 0 Å². The maximum Gasteiger partial charge on any atom is 0.0483 e. The summed E-state index contributed by atoms with van der Waals surface area (Å²) in [6.45, 7) is 17.2. The maximum atomic E-state index is 8.06. The van der Waals surface area contributed by atoms with Gasteiger partial charge in [0.05, 0.1) is 0 Å². The molecule has 1 radical (unpaired) electrons. The van der Waals surface area contributed by atoms with E-state index in [1.807, 2.05) is 0 Å². The molecule has 0 aliphatic heterocycles. The quantitative estimate of drug-likeness (QED) is 0.459. The van der Waals surface area contributed by atoms with Crippen LogP contribution in [-0.4, -0.2) is 56.1 Å². The van der Waals surface area contributed by atoms with E-state index in [-0.39, 0.29) is 49.1 Å². The van der Waals surface area contributed by atoms with Crippen LogP contribution in [0.25, 0.3) is 0 Å². The van der Waals surface area contributed by atoms with Crippen LogP contribution in [-0.2, 0) is 18.6 Å². The molecule has 0 unspecified atom stereocenters. The van der Waals surface area contributed by atoms with E-state index < -0.39 is 0 Å². The first-order valence-corrected chi connectivity index (χ1v) is 7.06. The van der Waals surface area contributed by atoms with Crippen molar-refractivity contribution in [3.63, 3.8) is 0 Å². The van der Waals surface area contributed by atoms with E-state index in [9.17, 15) is 0 Å². The number of aliphatic hydroxyl groups is 5. The molecule has 0 bridgehead atoms. The third-order valence-corrected chi connectivity index (χ3v) is 0. The molecule has 21 heavy (non-hydrogen) atoms. The van der Waals surface area contributed by atoms with E-state index in [2.05, 4.69) is 0 Å². The summed E-state index contributed by atoms with van der Waals surface area (Å²) < 4.78 is 0. The first-order chi connectivity index (χ1) is 8.66. The van der Waals surface area contributed by atoms with Crippen molar-refractivity contribution in [3.8, 4) is 0 Å². The van der Waals surface area contributed by atoms with Crippen molar-refractivity contribution in [3.05, 3.63) is 0 Å². The molecule has 5 N–H and O–H groups in total. The van der Waals surface area contributed by atoms with Crippen LogP contribution in [0.1, 0.15) is 69.2 Å². The molecule has 0 heterocycles. The number of rotatable bonds is 0. The minimum absolute atomic E-state index is 0. The van der Waals surface area contributed by atoms with Gasteiger partial charge >= 0.3 is 0 Å². The van der Waals surface area contributed by atoms with Gasteiger partial charge < -0.3 is 25.5 Å². The van der Waals surface area contributed by atoms with Crippen molar-refractivity contribution in [2.45, 2.75) is 99.8 Å². The van der Waals surface area contributed by atoms with Gasteiger partial charge in [-0.3, -0.25) is 0 Å². The van der Waals surface area contributed by atoms with E-state index in [0.717, 1.165) is 0 Å². The molecule has 135 valence electrons. The molecule has 0 fully saturated rings. The maximum absolute atomic E-state index is 8.06. The van der Waals surface area contributed by atoms with E-state index in [4.69, 9.17) is 25.5 Å². The summed E-state index contributed by atoms with van der Waals surface area (Å²) in [5, 5.41) is 40.3. The summed E-state index contributed by atoms with van der Waals surface area (Å²) in [5.41, 5.74) is 0. The van der Waals surface area contributed by atoms with Crippen molar-refractivity contribution in [1.82, 2.24) is 0 Å². The SMILES string of the molecule is CC(C)O.CC(C)O.CC(C)O.CC(C)O.CC(C)O.[V]. The Morgan fingerprint density at radius 1 is 0.333 bits per heavy atom. The summed E-state index contributed by atoms with van der Waals surface area (Å²) in [6, 6.07) is 0. The van der Waals surface area contributed by atoms with Crippen molar-refractivity contribution >= 4 is 0 Å². The van der Waals surface area contributed by atoms with Crippen LogP contribution in [0.15, 0.2) is 0 Å². The minimum Gasteiger partial charge on any atom is -0.394 e. The second-order valence-electron chi connectivity index (χ2n) is 5.47. The molecular weight excluding hydrogens is 311 g/mol. The Bertz CT molecular complexity index is 80.6. The Kier molecular flexibility index (Phi) is 57.9. The first kappa shape index (κ1) is 37.5. The standard InChI is InChI=1S/5C3H8O.V/c5*1-3(2)4;/h5*3-4H,1-2H3;. The summed E-state index contributed by atoms with van der Waals surface area (Å²) >= 11 is 0. The second kappa shape index (κ2) is 32.4. The van der Waals surface area contributed by atoms with Gasteiger partial charge in [0.2, 0.25) is 0 Å². The molecule has 0 saturated heterocycles. The third kappa shape index (κ3) is 46600. The second-order valence-corrected chi connectivity index (χ2v) is 5.47. The molecule has 0 saturated carbocycles. The van der Waals surface area contributed by atoms with Crippen LogP contribution in [0.5, 0.6) is 0 Å². The Labute approximate surface area is 144 Å². The smallest absolute Gasteiger partial charge is 0.0483 e. The van der Waals surface area contributed by atoms with Gasteiger partial charge in [-0.1, -0.05) is 0 Å². The van der Waals surface area contributed by atoms with E-state index in [0.29, 0.717) is 0 Å². The van der Waals surface area contributed by atoms with Crippen LogP contribution >= 0.6 is 0 Å². The van der Waals surface area contributed by atoms with Crippen molar-refractivity contribution in [2.75, 3.05) is 0 Å². The summed E-state index contributed by atoms with van der Waals surface area (Å²) in [6.07, 6.45) is -0.833. The first-order valence-electron chi connectivity index (χ1n) is 7.06. The van der Waals surface area contributed by atoms with Crippen molar-refractivity contribution in [2.24, 2.45) is 0 Å². The molecule has 0 aromatic rings. The van der Waals surface area contributed by atoms with Crippen LogP contribution in [0.4, 0.5) is 0 Å². The van der Waals surface area contributed by atoms with Crippen LogP contribution in [0.3, 0.4) is 0 Å². The van der Waals surface area contributed by atoms with Gasteiger partial charge in [-0.25, -0.2) is 0 Å². The molecule has 6 heteroatoms. The molecule has 0 aliphatic rings. The number of hydrogen-bond donors (Lipinski definition) is 5. The Morgan fingerprint density at radius 2 is 0.333 bits per heavy atom. The summed E-state index contributed by atoms with van der Waals surface area (Å²) in [4.78, 5) is 0.